The third kappa shape index (κ3) is 1.86. The number of aryl methyl sites for hydroxylation is 2. The normalized spacial score (nSPS) is 11.3. The fourth-order valence-electron chi connectivity index (χ4n) is 2.66. The predicted molar refractivity (Wildman–Crippen MR) is 80.7 cm³/mol. The third-order valence-corrected chi connectivity index (χ3v) is 3.66. The monoisotopic (exact) mass is 278 g/mol. The Labute approximate surface area is 121 Å². The Morgan fingerprint density at radius 2 is 2.14 bits per heavy atom. The standard InChI is InChI=1S/C16H14N4O/c1-10-18-16(19-21-10)11-5-6-15-12(8-11)13(9-20(15)2)14-4-3-7-17-14/h3-9,17H,1-2H3. The largest absolute Gasteiger partial charge is 0.361 e. The van der Waals surface area contributed by atoms with Gasteiger partial charge in [0, 0.05) is 54.1 Å². The van der Waals surface area contributed by atoms with Gasteiger partial charge in [-0.3, -0.25) is 0 Å². The lowest BCUT2D eigenvalue weighted by Crippen LogP contribution is -1.85. The number of hydrogen-bond acceptors (Lipinski definition) is 3. The van der Waals surface area contributed by atoms with Crippen LogP contribution in [0.3, 0.4) is 0 Å². The van der Waals surface area contributed by atoms with E-state index in [0.29, 0.717) is 11.7 Å². The number of nitrogens with zero attached hydrogens (tertiary/aromatic N) is 3. The van der Waals surface area contributed by atoms with Gasteiger partial charge in [-0.05, 0) is 30.3 Å². The molecule has 104 valence electrons. The van der Waals surface area contributed by atoms with Crippen molar-refractivity contribution in [2.75, 3.05) is 0 Å². The van der Waals surface area contributed by atoms with Crippen molar-refractivity contribution in [3.05, 3.63) is 48.6 Å². The molecule has 1 N–H and O–H groups in total. The summed E-state index contributed by atoms with van der Waals surface area (Å²) in [7, 11) is 2.05. The highest BCUT2D eigenvalue weighted by Crippen LogP contribution is 2.32. The van der Waals surface area contributed by atoms with E-state index in [0.717, 1.165) is 11.3 Å². The molecule has 0 aliphatic carbocycles. The van der Waals surface area contributed by atoms with Crippen LogP contribution in [0.15, 0.2) is 47.2 Å². The molecule has 0 radical (unpaired) electrons. The fraction of sp³-hybridized carbons (Fsp3) is 0.125. The van der Waals surface area contributed by atoms with Crippen molar-refractivity contribution in [2.24, 2.45) is 7.05 Å². The first kappa shape index (κ1) is 12.0. The van der Waals surface area contributed by atoms with E-state index in [2.05, 4.69) is 44.1 Å². The third-order valence-electron chi connectivity index (χ3n) is 3.66. The van der Waals surface area contributed by atoms with Crippen LogP contribution in [0.2, 0.25) is 0 Å². The van der Waals surface area contributed by atoms with Crippen LogP contribution in [0.1, 0.15) is 5.89 Å². The number of fused-ring (bicyclic) bond motifs is 1. The second kappa shape index (κ2) is 4.34. The summed E-state index contributed by atoms with van der Waals surface area (Å²) in [6, 6.07) is 10.3. The molecular weight excluding hydrogens is 264 g/mol. The topological polar surface area (TPSA) is 59.6 Å². The summed E-state index contributed by atoms with van der Waals surface area (Å²) in [4.78, 5) is 7.55. The van der Waals surface area contributed by atoms with Crippen LogP contribution in [0.4, 0.5) is 0 Å². The Balaban J connectivity index is 1.96. The van der Waals surface area contributed by atoms with Crippen LogP contribution in [-0.4, -0.2) is 19.7 Å². The van der Waals surface area contributed by atoms with Crippen LogP contribution in [0.5, 0.6) is 0 Å². The molecule has 3 aromatic heterocycles. The summed E-state index contributed by atoms with van der Waals surface area (Å²) < 4.78 is 7.19. The quantitative estimate of drug-likeness (QED) is 0.610. The summed E-state index contributed by atoms with van der Waals surface area (Å²) in [5, 5.41) is 5.16. The number of nitrogens with one attached hydrogen (secondary N) is 1. The van der Waals surface area contributed by atoms with Crippen molar-refractivity contribution in [2.45, 2.75) is 6.92 Å². The average molecular weight is 278 g/mol. The molecule has 5 heteroatoms. The molecule has 0 aliphatic rings. The smallest absolute Gasteiger partial charge is 0.223 e. The van der Waals surface area contributed by atoms with E-state index in [1.807, 2.05) is 25.4 Å². The molecule has 0 bridgehead atoms. The number of hydrogen-bond donors (Lipinski definition) is 1. The first-order chi connectivity index (χ1) is 10.2. The SMILES string of the molecule is Cc1nc(-c2ccc3c(c2)c(-c2ccc[nH]2)cn3C)no1. The number of benzene rings is 1. The lowest BCUT2D eigenvalue weighted by atomic mass is 10.1. The van der Waals surface area contributed by atoms with E-state index in [1.165, 1.54) is 16.5 Å². The molecule has 0 aliphatic heterocycles. The number of rotatable bonds is 2. The maximum absolute atomic E-state index is 5.07. The first-order valence-corrected chi connectivity index (χ1v) is 6.76. The summed E-state index contributed by atoms with van der Waals surface area (Å²) in [6.07, 6.45) is 4.06. The molecule has 0 fully saturated rings. The number of aromatic nitrogens is 4. The lowest BCUT2D eigenvalue weighted by Gasteiger charge is -1.99. The molecule has 0 saturated heterocycles. The van der Waals surface area contributed by atoms with Crippen molar-refractivity contribution in [1.29, 1.82) is 0 Å². The molecular formula is C16H14N4O. The molecule has 3 heterocycles. The molecule has 0 unspecified atom stereocenters. The van der Waals surface area contributed by atoms with Gasteiger partial charge < -0.3 is 14.1 Å². The van der Waals surface area contributed by atoms with E-state index in [9.17, 15) is 0 Å². The van der Waals surface area contributed by atoms with Gasteiger partial charge in [0.15, 0.2) is 0 Å². The van der Waals surface area contributed by atoms with Gasteiger partial charge in [-0.1, -0.05) is 5.16 Å². The highest BCUT2D eigenvalue weighted by atomic mass is 16.5. The summed E-state index contributed by atoms with van der Waals surface area (Å²) >= 11 is 0. The minimum Gasteiger partial charge on any atom is -0.361 e. The van der Waals surface area contributed by atoms with Gasteiger partial charge in [0.1, 0.15) is 0 Å². The Morgan fingerprint density at radius 3 is 2.86 bits per heavy atom. The molecule has 5 nitrogen and oxygen atoms in total. The lowest BCUT2D eigenvalue weighted by molar-refractivity contribution is 0.394. The van der Waals surface area contributed by atoms with Crippen LogP contribution in [-0.2, 0) is 7.05 Å². The van der Waals surface area contributed by atoms with Gasteiger partial charge in [0.2, 0.25) is 11.7 Å². The highest BCUT2D eigenvalue weighted by molar-refractivity contribution is 5.97. The maximum Gasteiger partial charge on any atom is 0.223 e. The van der Waals surface area contributed by atoms with Gasteiger partial charge in [-0.15, -0.1) is 0 Å². The average Bonchev–Trinajstić information content (AvgIpc) is 3.19. The Hall–Kier alpha value is -2.82. The van der Waals surface area contributed by atoms with Crippen LogP contribution in [0.25, 0.3) is 33.5 Å². The van der Waals surface area contributed by atoms with Gasteiger partial charge in [-0.2, -0.15) is 4.98 Å². The minimum atomic E-state index is 0.572. The Morgan fingerprint density at radius 1 is 1.24 bits per heavy atom. The van der Waals surface area contributed by atoms with E-state index in [4.69, 9.17) is 4.52 Å². The predicted octanol–water partition coefficient (Wildman–Crippen LogP) is 3.53. The van der Waals surface area contributed by atoms with Crippen LogP contribution >= 0.6 is 0 Å². The highest BCUT2D eigenvalue weighted by Gasteiger charge is 2.12. The van der Waals surface area contributed by atoms with Crippen molar-refractivity contribution in [3.63, 3.8) is 0 Å². The summed E-state index contributed by atoms with van der Waals surface area (Å²) in [6.45, 7) is 1.79. The molecule has 0 spiro atoms. The van der Waals surface area contributed by atoms with E-state index in [-0.39, 0.29) is 0 Å². The zero-order valence-corrected chi connectivity index (χ0v) is 11.8. The zero-order valence-electron chi connectivity index (χ0n) is 11.8. The summed E-state index contributed by atoms with van der Waals surface area (Å²) in [5.41, 5.74) is 4.39. The molecule has 0 saturated carbocycles. The van der Waals surface area contributed by atoms with Crippen molar-refractivity contribution < 1.29 is 4.52 Å². The number of aromatic amines is 1. The molecule has 4 rings (SSSR count). The van der Waals surface area contributed by atoms with E-state index < -0.39 is 0 Å². The molecule has 0 amide bonds. The molecule has 1 aromatic carbocycles. The first-order valence-electron chi connectivity index (χ1n) is 6.76. The van der Waals surface area contributed by atoms with Gasteiger partial charge in [-0.25, -0.2) is 0 Å². The second-order valence-electron chi connectivity index (χ2n) is 5.11. The van der Waals surface area contributed by atoms with Crippen LogP contribution < -0.4 is 0 Å². The Bertz CT molecular complexity index is 915. The Kier molecular flexibility index (Phi) is 2.47. The minimum absolute atomic E-state index is 0.572. The van der Waals surface area contributed by atoms with Gasteiger partial charge >= 0.3 is 0 Å². The summed E-state index contributed by atoms with van der Waals surface area (Å²) in [5.74, 6) is 1.19. The van der Waals surface area contributed by atoms with Crippen molar-refractivity contribution >= 4 is 10.9 Å². The fourth-order valence-corrected chi connectivity index (χ4v) is 2.66. The van der Waals surface area contributed by atoms with Gasteiger partial charge in [0.05, 0.1) is 0 Å². The maximum atomic E-state index is 5.07. The molecule has 4 aromatic rings. The molecule has 0 atom stereocenters. The van der Waals surface area contributed by atoms with Crippen molar-refractivity contribution in [1.82, 2.24) is 19.7 Å². The second-order valence-corrected chi connectivity index (χ2v) is 5.11. The van der Waals surface area contributed by atoms with Crippen molar-refractivity contribution in [3.8, 4) is 22.6 Å². The van der Waals surface area contributed by atoms with Gasteiger partial charge in [0.25, 0.3) is 0 Å². The number of H-pyrrole nitrogens is 1. The van der Waals surface area contributed by atoms with E-state index in [1.54, 1.807) is 6.92 Å². The van der Waals surface area contributed by atoms with Crippen LogP contribution in [0, 0.1) is 6.92 Å². The molecule has 21 heavy (non-hydrogen) atoms. The zero-order chi connectivity index (χ0) is 14.4. The van der Waals surface area contributed by atoms with E-state index >= 15 is 0 Å².